The fourth-order valence-electron chi connectivity index (χ4n) is 5.37. The van der Waals surface area contributed by atoms with Crippen molar-refractivity contribution in [3.8, 4) is 11.5 Å². The predicted octanol–water partition coefficient (Wildman–Crippen LogP) is 3.89. The van der Waals surface area contributed by atoms with Crippen molar-refractivity contribution in [3.05, 3.63) is 59.3 Å². The van der Waals surface area contributed by atoms with E-state index in [1.807, 2.05) is 38.2 Å². The summed E-state index contributed by atoms with van der Waals surface area (Å²) in [5.41, 5.74) is 2.47. The largest absolute Gasteiger partial charge is 0.508 e. The van der Waals surface area contributed by atoms with E-state index in [0.29, 0.717) is 25.6 Å². The fraction of sp³-hybridized carbons (Fsp3) is 0.407. The lowest BCUT2D eigenvalue weighted by Crippen LogP contribution is -2.53. The molecule has 0 bridgehead atoms. The van der Waals surface area contributed by atoms with Gasteiger partial charge in [-0.15, -0.1) is 0 Å². The Bertz CT molecular complexity index is 1320. The standard InChI is InChI=1S/C27H32N4O4/c1-16(2)29(4)11-12-30-25(33)27(3)15-21-20-14-19(35-5)9-10-22(20)28-23(21)24(31(27)26(30)34)17-7-6-8-18(32)13-17/h6-10,13-14,16,24,28,32H,11-12,15H2,1-5H3. The van der Waals surface area contributed by atoms with E-state index in [-0.39, 0.29) is 17.7 Å². The van der Waals surface area contributed by atoms with Gasteiger partial charge in [0.1, 0.15) is 23.1 Å². The third kappa shape index (κ3) is 3.55. The van der Waals surface area contributed by atoms with Crippen LogP contribution in [0.3, 0.4) is 0 Å². The number of nitrogens with zero attached hydrogens (tertiary/aromatic N) is 3. The quantitative estimate of drug-likeness (QED) is 0.527. The van der Waals surface area contributed by atoms with Crippen LogP contribution in [0.2, 0.25) is 0 Å². The molecule has 3 heterocycles. The van der Waals surface area contributed by atoms with Crippen LogP contribution in [0.5, 0.6) is 11.5 Å². The number of aromatic nitrogens is 1. The van der Waals surface area contributed by atoms with Crippen LogP contribution in [-0.4, -0.2) is 75.6 Å². The number of hydrogen-bond donors (Lipinski definition) is 2. The first-order chi connectivity index (χ1) is 16.7. The lowest BCUT2D eigenvalue weighted by atomic mass is 9.81. The van der Waals surface area contributed by atoms with Crippen LogP contribution in [0.25, 0.3) is 10.9 Å². The summed E-state index contributed by atoms with van der Waals surface area (Å²) >= 11 is 0. The van der Waals surface area contributed by atoms with Gasteiger partial charge >= 0.3 is 6.03 Å². The molecule has 1 aromatic heterocycles. The van der Waals surface area contributed by atoms with E-state index in [4.69, 9.17) is 4.74 Å². The Hall–Kier alpha value is -3.52. The summed E-state index contributed by atoms with van der Waals surface area (Å²) in [7, 11) is 3.62. The minimum absolute atomic E-state index is 0.113. The summed E-state index contributed by atoms with van der Waals surface area (Å²) in [6.45, 7) is 6.95. The number of phenolic OH excluding ortho intramolecular Hbond substituents is 1. The maximum atomic E-state index is 13.8. The number of hydrogen-bond acceptors (Lipinski definition) is 5. The number of aromatic amines is 1. The molecular weight excluding hydrogens is 444 g/mol. The number of urea groups is 1. The lowest BCUT2D eigenvalue weighted by molar-refractivity contribution is -0.133. The van der Waals surface area contributed by atoms with Gasteiger partial charge in [-0.3, -0.25) is 14.6 Å². The van der Waals surface area contributed by atoms with Gasteiger partial charge in [0.05, 0.1) is 7.11 Å². The van der Waals surface area contributed by atoms with Crippen LogP contribution >= 0.6 is 0 Å². The number of carbonyl (C=O) groups excluding carboxylic acids is 2. The Morgan fingerprint density at radius 3 is 2.69 bits per heavy atom. The molecule has 8 heteroatoms. The van der Waals surface area contributed by atoms with E-state index in [1.165, 1.54) is 4.90 Å². The summed E-state index contributed by atoms with van der Waals surface area (Å²) in [6.07, 6.45) is 0.395. The zero-order chi connectivity index (χ0) is 25.1. The monoisotopic (exact) mass is 476 g/mol. The van der Waals surface area contributed by atoms with Gasteiger partial charge in [-0.05, 0) is 69.3 Å². The molecule has 8 nitrogen and oxygen atoms in total. The summed E-state index contributed by atoms with van der Waals surface area (Å²) in [4.78, 5) is 36.4. The summed E-state index contributed by atoms with van der Waals surface area (Å²) in [6, 6.07) is 12.2. The maximum absolute atomic E-state index is 13.8. The van der Waals surface area contributed by atoms with E-state index in [0.717, 1.165) is 33.5 Å². The second kappa shape index (κ2) is 8.30. The molecule has 1 fully saturated rings. The van der Waals surface area contributed by atoms with Gasteiger partial charge < -0.3 is 19.7 Å². The van der Waals surface area contributed by atoms with Crippen LogP contribution in [0.15, 0.2) is 42.5 Å². The van der Waals surface area contributed by atoms with E-state index in [9.17, 15) is 14.7 Å². The molecule has 2 aliphatic rings. The van der Waals surface area contributed by atoms with Crippen molar-refractivity contribution in [2.24, 2.45) is 0 Å². The van der Waals surface area contributed by atoms with E-state index < -0.39 is 11.6 Å². The molecule has 2 N–H and O–H groups in total. The first-order valence-corrected chi connectivity index (χ1v) is 12.0. The van der Waals surface area contributed by atoms with Crippen LogP contribution in [0, 0.1) is 0 Å². The van der Waals surface area contributed by atoms with Gasteiger partial charge in [0.2, 0.25) is 0 Å². The molecule has 0 radical (unpaired) electrons. The number of ether oxygens (including phenoxy) is 1. The number of imide groups is 1. The number of fused-ring (bicyclic) bond motifs is 4. The highest BCUT2D eigenvalue weighted by atomic mass is 16.5. The molecule has 2 aliphatic heterocycles. The average molecular weight is 477 g/mol. The molecule has 35 heavy (non-hydrogen) atoms. The Morgan fingerprint density at radius 2 is 2.00 bits per heavy atom. The molecule has 3 amide bonds. The van der Waals surface area contributed by atoms with E-state index in [2.05, 4.69) is 23.7 Å². The molecule has 3 aromatic rings. The molecule has 2 aromatic carbocycles. The molecule has 2 atom stereocenters. The molecule has 0 spiro atoms. The number of benzene rings is 2. The molecule has 2 unspecified atom stereocenters. The Kier molecular flexibility index (Phi) is 5.51. The lowest BCUT2D eigenvalue weighted by Gasteiger charge is -2.42. The number of amides is 3. The minimum Gasteiger partial charge on any atom is -0.508 e. The topological polar surface area (TPSA) is 89.1 Å². The third-order valence-electron chi connectivity index (χ3n) is 7.62. The number of H-pyrrole nitrogens is 1. The highest BCUT2D eigenvalue weighted by molar-refractivity contribution is 6.08. The van der Waals surface area contributed by atoms with Gasteiger partial charge in [0.15, 0.2) is 0 Å². The van der Waals surface area contributed by atoms with Crippen molar-refractivity contribution in [3.63, 3.8) is 0 Å². The summed E-state index contributed by atoms with van der Waals surface area (Å²) in [5.74, 6) is 0.656. The number of likely N-dealkylation sites (N-methyl/N-ethyl adjacent to an activating group) is 1. The SMILES string of the molecule is COc1ccc2[nH]c3c(c2c1)CC1(C)C(=O)N(CCN(C)C(C)C)C(=O)N1C3c1cccc(O)c1. The van der Waals surface area contributed by atoms with Crippen LogP contribution < -0.4 is 4.74 Å². The van der Waals surface area contributed by atoms with Gasteiger partial charge in [-0.1, -0.05) is 12.1 Å². The molecule has 1 saturated heterocycles. The molecular formula is C27H32N4O4. The first kappa shape index (κ1) is 23.2. The smallest absolute Gasteiger partial charge is 0.328 e. The zero-order valence-electron chi connectivity index (χ0n) is 20.8. The molecule has 184 valence electrons. The average Bonchev–Trinajstić information content (AvgIpc) is 3.27. The van der Waals surface area contributed by atoms with Crippen molar-refractivity contribution >= 4 is 22.8 Å². The summed E-state index contributed by atoms with van der Waals surface area (Å²) in [5, 5.41) is 11.2. The number of phenols is 1. The van der Waals surface area contributed by atoms with Crippen molar-refractivity contribution < 1.29 is 19.4 Å². The second-order valence-electron chi connectivity index (χ2n) is 10.1. The van der Waals surface area contributed by atoms with Crippen LogP contribution in [-0.2, 0) is 11.2 Å². The second-order valence-corrected chi connectivity index (χ2v) is 10.1. The Balaban J connectivity index is 1.66. The number of rotatable bonds is 6. The Morgan fingerprint density at radius 1 is 1.23 bits per heavy atom. The minimum atomic E-state index is -1.05. The number of carbonyl (C=O) groups is 2. The number of methoxy groups -OCH3 is 1. The van der Waals surface area contributed by atoms with Crippen molar-refractivity contribution in [2.45, 2.75) is 44.8 Å². The third-order valence-corrected chi connectivity index (χ3v) is 7.62. The molecule has 0 saturated carbocycles. The predicted molar refractivity (Wildman–Crippen MR) is 134 cm³/mol. The van der Waals surface area contributed by atoms with Gasteiger partial charge in [0.25, 0.3) is 5.91 Å². The van der Waals surface area contributed by atoms with E-state index >= 15 is 0 Å². The van der Waals surface area contributed by atoms with Gasteiger partial charge in [-0.2, -0.15) is 0 Å². The maximum Gasteiger partial charge on any atom is 0.328 e. The highest BCUT2D eigenvalue weighted by Crippen LogP contribution is 2.49. The van der Waals surface area contributed by atoms with Crippen molar-refractivity contribution in [2.75, 3.05) is 27.2 Å². The molecule has 0 aliphatic carbocycles. The number of aromatic hydroxyl groups is 1. The van der Waals surface area contributed by atoms with Gasteiger partial charge in [-0.25, -0.2) is 4.79 Å². The highest BCUT2D eigenvalue weighted by Gasteiger charge is 2.60. The van der Waals surface area contributed by atoms with E-state index in [1.54, 1.807) is 30.2 Å². The first-order valence-electron chi connectivity index (χ1n) is 12.0. The van der Waals surface area contributed by atoms with Gasteiger partial charge in [0, 0.05) is 42.1 Å². The van der Waals surface area contributed by atoms with Crippen molar-refractivity contribution in [1.29, 1.82) is 0 Å². The molecule has 5 rings (SSSR count). The normalized spacial score (nSPS) is 21.9. The Labute approximate surface area is 205 Å². The van der Waals surface area contributed by atoms with Crippen molar-refractivity contribution in [1.82, 2.24) is 19.7 Å². The van der Waals surface area contributed by atoms with Crippen LogP contribution in [0.1, 0.15) is 43.6 Å². The zero-order valence-corrected chi connectivity index (χ0v) is 20.8. The van der Waals surface area contributed by atoms with Crippen LogP contribution in [0.4, 0.5) is 4.79 Å². The summed E-state index contributed by atoms with van der Waals surface area (Å²) < 4.78 is 5.46. The fourth-order valence-corrected chi connectivity index (χ4v) is 5.37. The number of nitrogens with one attached hydrogen (secondary N) is 1.